The van der Waals surface area contributed by atoms with E-state index in [-0.39, 0.29) is 6.17 Å². The lowest BCUT2D eigenvalue weighted by Crippen LogP contribution is -2.28. The van der Waals surface area contributed by atoms with E-state index in [9.17, 15) is 0 Å². The van der Waals surface area contributed by atoms with Crippen LogP contribution in [0.2, 0.25) is 5.02 Å². The molecule has 84 valence electrons. The zero-order valence-corrected chi connectivity index (χ0v) is 10.3. The maximum absolute atomic E-state index is 6.05. The third-order valence-corrected chi connectivity index (χ3v) is 2.71. The lowest BCUT2D eigenvalue weighted by molar-refractivity contribution is 0.306. The van der Waals surface area contributed by atoms with Gasteiger partial charge in [-0.1, -0.05) is 11.6 Å². The normalized spacial score (nSPS) is 13.0. The Kier molecular flexibility index (Phi) is 3.97. The summed E-state index contributed by atoms with van der Waals surface area (Å²) in [6.45, 7) is 2.00. The van der Waals surface area contributed by atoms with Crippen molar-refractivity contribution in [2.24, 2.45) is 5.73 Å². The van der Waals surface area contributed by atoms with Crippen LogP contribution in [0.1, 0.15) is 17.3 Å². The third-order valence-electron chi connectivity index (χ3n) is 2.42. The van der Waals surface area contributed by atoms with Gasteiger partial charge in [0.05, 0.1) is 18.3 Å². The average Bonchev–Trinajstić information content (AvgIpc) is 2.19. The van der Waals surface area contributed by atoms with E-state index in [1.165, 1.54) is 0 Å². The van der Waals surface area contributed by atoms with Gasteiger partial charge in [0.25, 0.3) is 0 Å². The fourth-order valence-corrected chi connectivity index (χ4v) is 1.67. The molecular formula is C11H17ClN2O. The standard InChI is InChI=1S/C11H17ClN2O/c1-7-5-10(15-4)9(12)6-8(7)11(13)14(2)3/h5-6,11H,13H2,1-4H3. The number of hydrogen-bond acceptors (Lipinski definition) is 3. The molecular weight excluding hydrogens is 212 g/mol. The number of nitrogens with two attached hydrogens (primary N) is 1. The van der Waals surface area contributed by atoms with Crippen LogP contribution in [0, 0.1) is 6.92 Å². The first kappa shape index (κ1) is 12.3. The van der Waals surface area contributed by atoms with E-state index in [0.717, 1.165) is 11.1 Å². The minimum absolute atomic E-state index is 0.145. The molecule has 0 fully saturated rings. The minimum Gasteiger partial charge on any atom is -0.495 e. The molecule has 0 bridgehead atoms. The van der Waals surface area contributed by atoms with Crippen molar-refractivity contribution in [2.45, 2.75) is 13.1 Å². The van der Waals surface area contributed by atoms with Gasteiger partial charge in [0.15, 0.2) is 0 Å². The van der Waals surface area contributed by atoms with E-state index < -0.39 is 0 Å². The molecule has 1 atom stereocenters. The topological polar surface area (TPSA) is 38.5 Å². The first-order valence-electron chi connectivity index (χ1n) is 4.73. The summed E-state index contributed by atoms with van der Waals surface area (Å²) in [5.41, 5.74) is 8.13. The van der Waals surface area contributed by atoms with Crippen molar-refractivity contribution in [3.63, 3.8) is 0 Å². The van der Waals surface area contributed by atoms with Gasteiger partial charge in [-0.2, -0.15) is 0 Å². The number of ether oxygens (including phenoxy) is 1. The molecule has 2 N–H and O–H groups in total. The summed E-state index contributed by atoms with van der Waals surface area (Å²) in [6.07, 6.45) is -0.145. The molecule has 3 nitrogen and oxygen atoms in total. The number of halogens is 1. The Labute approximate surface area is 95.8 Å². The maximum Gasteiger partial charge on any atom is 0.137 e. The molecule has 0 aromatic heterocycles. The second kappa shape index (κ2) is 4.84. The van der Waals surface area contributed by atoms with Crippen LogP contribution in [0.5, 0.6) is 5.75 Å². The van der Waals surface area contributed by atoms with Crippen LogP contribution in [0.3, 0.4) is 0 Å². The van der Waals surface area contributed by atoms with Gasteiger partial charge in [-0.15, -0.1) is 0 Å². The zero-order valence-electron chi connectivity index (χ0n) is 9.54. The number of rotatable bonds is 3. The summed E-state index contributed by atoms with van der Waals surface area (Å²) in [6, 6.07) is 3.77. The highest BCUT2D eigenvalue weighted by Gasteiger charge is 2.13. The molecule has 4 heteroatoms. The molecule has 0 heterocycles. The van der Waals surface area contributed by atoms with Gasteiger partial charge >= 0.3 is 0 Å². The summed E-state index contributed by atoms with van der Waals surface area (Å²) in [5, 5.41) is 0.593. The monoisotopic (exact) mass is 228 g/mol. The van der Waals surface area contributed by atoms with Gasteiger partial charge in [0.1, 0.15) is 5.75 Å². The van der Waals surface area contributed by atoms with Gasteiger partial charge < -0.3 is 10.5 Å². The molecule has 0 saturated carbocycles. The summed E-state index contributed by atoms with van der Waals surface area (Å²) >= 11 is 6.05. The summed E-state index contributed by atoms with van der Waals surface area (Å²) in [4.78, 5) is 1.94. The van der Waals surface area contributed by atoms with Crippen LogP contribution in [0.25, 0.3) is 0 Å². The minimum atomic E-state index is -0.145. The van der Waals surface area contributed by atoms with Gasteiger partial charge in [-0.25, -0.2) is 0 Å². The smallest absolute Gasteiger partial charge is 0.137 e. The largest absolute Gasteiger partial charge is 0.495 e. The van der Waals surface area contributed by atoms with Crippen molar-refractivity contribution in [3.05, 3.63) is 28.3 Å². The van der Waals surface area contributed by atoms with E-state index in [4.69, 9.17) is 22.1 Å². The highest BCUT2D eigenvalue weighted by Crippen LogP contribution is 2.30. The zero-order chi connectivity index (χ0) is 11.6. The SMILES string of the molecule is COc1cc(C)c(C(N)N(C)C)cc1Cl. The predicted molar refractivity (Wildman–Crippen MR) is 63.4 cm³/mol. The fourth-order valence-electron chi connectivity index (χ4n) is 1.42. The molecule has 0 radical (unpaired) electrons. The quantitative estimate of drug-likeness (QED) is 0.806. The van der Waals surface area contributed by atoms with Crippen molar-refractivity contribution < 1.29 is 4.74 Å². The Morgan fingerprint density at radius 1 is 1.40 bits per heavy atom. The first-order valence-corrected chi connectivity index (χ1v) is 5.11. The molecule has 0 saturated heterocycles. The predicted octanol–water partition coefficient (Wildman–Crippen LogP) is 2.18. The Hall–Kier alpha value is -0.770. The summed E-state index contributed by atoms with van der Waals surface area (Å²) in [7, 11) is 5.47. The number of methoxy groups -OCH3 is 1. The number of benzene rings is 1. The van der Waals surface area contributed by atoms with Crippen LogP contribution >= 0.6 is 11.6 Å². The molecule has 0 aliphatic heterocycles. The highest BCUT2D eigenvalue weighted by atomic mass is 35.5. The Morgan fingerprint density at radius 3 is 2.47 bits per heavy atom. The van der Waals surface area contributed by atoms with E-state index in [1.807, 2.05) is 38.1 Å². The van der Waals surface area contributed by atoms with Crippen molar-refractivity contribution in [2.75, 3.05) is 21.2 Å². The van der Waals surface area contributed by atoms with E-state index in [0.29, 0.717) is 10.8 Å². The van der Waals surface area contributed by atoms with Crippen LogP contribution in [-0.2, 0) is 0 Å². The second-order valence-corrected chi connectivity index (χ2v) is 4.16. The van der Waals surface area contributed by atoms with Crippen LogP contribution in [0.4, 0.5) is 0 Å². The molecule has 0 aliphatic carbocycles. The van der Waals surface area contributed by atoms with Crippen LogP contribution in [-0.4, -0.2) is 26.1 Å². The van der Waals surface area contributed by atoms with Crippen molar-refractivity contribution in [3.8, 4) is 5.75 Å². The molecule has 15 heavy (non-hydrogen) atoms. The Balaban J connectivity index is 3.15. The summed E-state index contributed by atoms with van der Waals surface area (Å²) in [5.74, 6) is 0.684. The molecule has 1 aromatic carbocycles. The van der Waals surface area contributed by atoms with Gasteiger partial charge in [0.2, 0.25) is 0 Å². The second-order valence-electron chi connectivity index (χ2n) is 3.75. The van der Waals surface area contributed by atoms with Gasteiger partial charge in [0, 0.05) is 0 Å². The number of hydrogen-bond donors (Lipinski definition) is 1. The molecule has 1 aromatic rings. The summed E-state index contributed by atoms with van der Waals surface area (Å²) < 4.78 is 5.13. The molecule has 0 aliphatic rings. The van der Waals surface area contributed by atoms with Gasteiger partial charge in [-0.05, 0) is 44.3 Å². The fraction of sp³-hybridized carbons (Fsp3) is 0.455. The third kappa shape index (κ3) is 2.62. The first-order chi connectivity index (χ1) is 6.97. The van der Waals surface area contributed by atoms with Crippen molar-refractivity contribution in [1.82, 2.24) is 4.90 Å². The van der Waals surface area contributed by atoms with Crippen LogP contribution < -0.4 is 10.5 Å². The van der Waals surface area contributed by atoms with E-state index in [1.54, 1.807) is 7.11 Å². The molecule has 1 unspecified atom stereocenters. The van der Waals surface area contributed by atoms with E-state index in [2.05, 4.69) is 0 Å². The number of nitrogens with zero attached hydrogens (tertiary/aromatic N) is 1. The van der Waals surface area contributed by atoms with Crippen molar-refractivity contribution >= 4 is 11.6 Å². The lowest BCUT2D eigenvalue weighted by Gasteiger charge is -2.22. The van der Waals surface area contributed by atoms with Crippen LogP contribution in [0.15, 0.2) is 12.1 Å². The molecule has 0 amide bonds. The highest BCUT2D eigenvalue weighted by molar-refractivity contribution is 6.32. The lowest BCUT2D eigenvalue weighted by atomic mass is 10.1. The number of aryl methyl sites for hydroxylation is 1. The average molecular weight is 229 g/mol. The maximum atomic E-state index is 6.05. The van der Waals surface area contributed by atoms with E-state index >= 15 is 0 Å². The Bertz CT molecular complexity index is 353. The molecule has 0 spiro atoms. The molecule has 1 rings (SSSR count). The Morgan fingerprint density at radius 2 is 2.00 bits per heavy atom. The van der Waals surface area contributed by atoms with Gasteiger partial charge in [-0.3, -0.25) is 4.90 Å². The van der Waals surface area contributed by atoms with Crippen molar-refractivity contribution in [1.29, 1.82) is 0 Å².